The van der Waals surface area contributed by atoms with Crippen molar-refractivity contribution in [2.45, 2.75) is 12.8 Å². The Balaban J connectivity index is 0.00000364. The van der Waals surface area contributed by atoms with Crippen LogP contribution in [0.2, 0.25) is 5.02 Å². The Labute approximate surface area is 182 Å². The molecule has 8 heteroatoms. The molecular weight excluding hydrogens is 481 g/mol. The van der Waals surface area contributed by atoms with Gasteiger partial charge in [-0.3, -0.25) is 4.99 Å². The molecule has 0 fully saturated rings. The number of ether oxygens (including phenoxy) is 2. The maximum atomic E-state index is 6.29. The third kappa shape index (κ3) is 8.85. The van der Waals surface area contributed by atoms with Crippen molar-refractivity contribution < 1.29 is 13.9 Å². The molecule has 0 aliphatic heterocycles. The molecule has 6 nitrogen and oxygen atoms in total. The molecule has 0 radical (unpaired) electrons. The van der Waals surface area contributed by atoms with Gasteiger partial charge < -0.3 is 24.5 Å². The van der Waals surface area contributed by atoms with Crippen LogP contribution < -0.4 is 15.4 Å². The van der Waals surface area contributed by atoms with Crippen LogP contribution in [0, 0.1) is 0 Å². The number of nitrogens with zero attached hydrogens (tertiary/aromatic N) is 1. The number of hydrogen-bond donors (Lipinski definition) is 2. The number of furan rings is 1. The minimum Gasteiger partial charge on any atom is -0.497 e. The first kappa shape index (κ1) is 23.6. The van der Waals surface area contributed by atoms with Crippen molar-refractivity contribution in [2.75, 3.05) is 40.5 Å². The molecule has 150 valence electrons. The second-order valence-corrected chi connectivity index (χ2v) is 6.02. The van der Waals surface area contributed by atoms with E-state index < -0.39 is 0 Å². The van der Waals surface area contributed by atoms with E-state index in [4.69, 9.17) is 25.5 Å². The Bertz CT molecular complexity index is 681. The molecule has 0 aliphatic carbocycles. The van der Waals surface area contributed by atoms with Crippen LogP contribution in [0.15, 0.2) is 46.0 Å². The molecule has 2 rings (SSSR count). The summed E-state index contributed by atoms with van der Waals surface area (Å²) in [6.45, 7) is 2.62. The van der Waals surface area contributed by atoms with Crippen LogP contribution in [0.3, 0.4) is 0 Å². The van der Waals surface area contributed by atoms with Gasteiger partial charge in [-0.15, -0.1) is 24.0 Å². The molecule has 0 atom stereocenters. The van der Waals surface area contributed by atoms with Crippen molar-refractivity contribution in [1.82, 2.24) is 10.6 Å². The average Bonchev–Trinajstić information content (AvgIpc) is 3.16. The number of aliphatic imine (C=N–C) groups is 1. The van der Waals surface area contributed by atoms with Gasteiger partial charge in [0, 0.05) is 31.6 Å². The summed E-state index contributed by atoms with van der Waals surface area (Å²) >= 11 is 6.29. The fourth-order valence-corrected chi connectivity index (χ4v) is 2.62. The van der Waals surface area contributed by atoms with Crippen LogP contribution >= 0.6 is 35.6 Å². The quantitative estimate of drug-likeness (QED) is 0.223. The topological polar surface area (TPSA) is 68.0 Å². The van der Waals surface area contributed by atoms with Gasteiger partial charge in [-0.2, -0.15) is 0 Å². The molecule has 0 saturated heterocycles. The van der Waals surface area contributed by atoms with Gasteiger partial charge in [0.05, 0.1) is 26.5 Å². The highest BCUT2D eigenvalue weighted by Gasteiger charge is 2.04. The largest absolute Gasteiger partial charge is 0.497 e. The summed E-state index contributed by atoms with van der Waals surface area (Å²) in [5, 5.41) is 7.34. The fourth-order valence-electron chi connectivity index (χ4n) is 2.36. The number of rotatable bonds is 10. The maximum absolute atomic E-state index is 6.29. The molecule has 1 aromatic carbocycles. The first-order valence-corrected chi connectivity index (χ1v) is 8.96. The van der Waals surface area contributed by atoms with Crippen molar-refractivity contribution in [3.8, 4) is 5.75 Å². The van der Waals surface area contributed by atoms with Gasteiger partial charge in [-0.25, -0.2) is 0 Å². The van der Waals surface area contributed by atoms with Gasteiger partial charge in [0.2, 0.25) is 0 Å². The van der Waals surface area contributed by atoms with E-state index in [0.29, 0.717) is 24.7 Å². The van der Waals surface area contributed by atoms with E-state index in [1.807, 2.05) is 30.3 Å². The zero-order valence-electron chi connectivity index (χ0n) is 15.7. The predicted octanol–water partition coefficient (Wildman–Crippen LogP) is 3.53. The maximum Gasteiger partial charge on any atom is 0.191 e. The number of methoxy groups -OCH3 is 2. The third-order valence-corrected chi connectivity index (χ3v) is 4.11. The highest BCUT2D eigenvalue weighted by atomic mass is 127. The SMILES string of the molecule is COCCN=C(NCCc1ccco1)NCCc1ccc(OC)cc1Cl.I. The lowest BCUT2D eigenvalue weighted by Gasteiger charge is -2.13. The molecule has 1 aromatic heterocycles. The fraction of sp³-hybridized carbons (Fsp3) is 0.421. The molecule has 0 spiro atoms. The normalized spacial score (nSPS) is 11.0. The van der Waals surface area contributed by atoms with E-state index in [1.165, 1.54) is 0 Å². The molecule has 1 heterocycles. The Kier molecular flexibility index (Phi) is 12.0. The molecule has 0 unspecified atom stereocenters. The molecular formula is C19H27ClIN3O3. The Hall–Kier alpha value is -1.45. The molecule has 2 N–H and O–H groups in total. The predicted molar refractivity (Wildman–Crippen MR) is 120 cm³/mol. The van der Waals surface area contributed by atoms with Crippen LogP contribution in [0.4, 0.5) is 0 Å². The van der Waals surface area contributed by atoms with Crippen molar-refractivity contribution in [2.24, 2.45) is 4.99 Å². The molecule has 0 bridgehead atoms. The zero-order chi connectivity index (χ0) is 18.6. The molecule has 0 saturated carbocycles. The monoisotopic (exact) mass is 507 g/mol. The van der Waals surface area contributed by atoms with Crippen LogP contribution in [-0.4, -0.2) is 46.4 Å². The summed E-state index contributed by atoms with van der Waals surface area (Å²) in [4.78, 5) is 4.50. The minimum absolute atomic E-state index is 0. The number of halogens is 2. The average molecular weight is 508 g/mol. The van der Waals surface area contributed by atoms with Crippen LogP contribution in [0.25, 0.3) is 0 Å². The van der Waals surface area contributed by atoms with E-state index in [9.17, 15) is 0 Å². The van der Waals surface area contributed by atoms with Crippen LogP contribution in [0.5, 0.6) is 5.75 Å². The van der Waals surface area contributed by atoms with Crippen molar-refractivity contribution in [1.29, 1.82) is 0 Å². The van der Waals surface area contributed by atoms with Crippen molar-refractivity contribution in [3.63, 3.8) is 0 Å². The number of benzene rings is 1. The van der Waals surface area contributed by atoms with Crippen LogP contribution in [-0.2, 0) is 17.6 Å². The van der Waals surface area contributed by atoms with E-state index in [2.05, 4.69) is 15.6 Å². The lowest BCUT2D eigenvalue weighted by atomic mass is 10.1. The summed E-state index contributed by atoms with van der Waals surface area (Å²) in [5.41, 5.74) is 1.06. The standard InChI is InChI=1S/C19H26ClN3O3.HI/c1-24-13-11-23-19(22-10-8-16-4-3-12-26-16)21-9-7-15-5-6-17(25-2)14-18(15)20;/h3-6,12,14H,7-11,13H2,1-2H3,(H2,21,22,23);1H. The van der Waals surface area contributed by atoms with Gasteiger partial charge in [0.25, 0.3) is 0 Å². The van der Waals surface area contributed by atoms with E-state index >= 15 is 0 Å². The van der Waals surface area contributed by atoms with Gasteiger partial charge in [-0.1, -0.05) is 17.7 Å². The highest BCUT2D eigenvalue weighted by molar-refractivity contribution is 14.0. The number of nitrogens with one attached hydrogen (secondary N) is 2. The summed E-state index contributed by atoms with van der Waals surface area (Å²) in [5.74, 6) is 2.45. The lowest BCUT2D eigenvalue weighted by molar-refractivity contribution is 0.208. The van der Waals surface area contributed by atoms with Crippen molar-refractivity contribution >= 4 is 41.5 Å². The summed E-state index contributed by atoms with van der Waals surface area (Å²) in [7, 11) is 3.29. The molecule has 2 aromatic rings. The Morgan fingerprint density at radius 3 is 2.56 bits per heavy atom. The number of hydrogen-bond acceptors (Lipinski definition) is 4. The van der Waals surface area contributed by atoms with Gasteiger partial charge >= 0.3 is 0 Å². The highest BCUT2D eigenvalue weighted by Crippen LogP contribution is 2.22. The third-order valence-electron chi connectivity index (χ3n) is 3.76. The summed E-state index contributed by atoms with van der Waals surface area (Å²) < 4.78 is 15.6. The van der Waals surface area contributed by atoms with E-state index in [0.717, 1.165) is 42.4 Å². The molecule has 27 heavy (non-hydrogen) atoms. The molecule has 0 aliphatic rings. The summed E-state index contributed by atoms with van der Waals surface area (Å²) in [6, 6.07) is 9.57. The van der Waals surface area contributed by atoms with E-state index in [-0.39, 0.29) is 24.0 Å². The van der Waals surface area contributed by atoms with Crippen molar-refractivity contribution in [3.05, 3.63) is 52.9 Å². The zero-order valence-corrected chi connectivity index (χ0v) is 18.8. The Morgan fingerprint density at radius 1 is 1.15 bits per heavy atom. The first-order chi connectivity index (χ1) is 12.7. The summed E-state index contributed by atoms with van der Waals surface area (Å²) in [6.07, 6.45) is 3.26. The van der Waals surface area contributed by atoms with E-state index in [1.54, 1.807) is 20.5 Å². The minimum atomic E-state index is 0. The second kappa shape index (κ2) is 13.7. The van der Waals surface area contributed by atoms with Gasteiger partial charge in [0.1, 0.15) is 11.5 Å². The second-order valence-electron chi connectivity index (χ2n) is 5.61. The van der Waals surface area contributed by atoms with Crippen LogP contribution in [0.1, 0.15) is 11.3 Å². The lowest BCUT2D eigenvalue weighted by Crippen LogP contribution is -2.39. The molecule has 0 amide bonds. The smallest absolute Gasteiger partial charge is 0.191 e. The first-order valence-electron chi connectivity index (χ1n) is 8.59. The van der Waals surface area contributed by atoms with Gasteiger partial charge in [0.15, 0.2) is 5.96 Å². The van der Waals surface area contributed by atoms with Gasteiger partial charge in [-0.05, 0) is 36.2 Å². The Morgan fingerprint density at radius 2 is 1.93 bits per heavy atom. The number of guanidine groups is 1.